The molecule has 36 heavy (non-hydrogen) atoms. The lowest BCUT2D eigenvalue weighted by Crippen LogP contribution is -2.38. The summed E-state index contributed by atoms with van der Waals surface area (Å²) in [5, 5.41) is 4.64. The molecule has 182 valence electrons. The van der Waals surface area contributed by atoms with Crippen molar-refractivity contribution in [3.63, 3.8) is 0 Å². The van der Waals surface area contributed by atoms with Crippen LogP contribution >= 0.6 is 0 Å². The third-order valence-electron chi connectivity index (χ3n) is 7.75. The van der Waals surface area contributed by atoms with Crippen molar-refractivity contribution in [1.29, 1.82) is 0 Å². The predicted octanol–water partition coefficient (Wildman–Crippen LogP) is 5.78. The van der Waals surface area contributed by atoms with Gasteiger partial charge in [-0.3, -0.25) is 4.99 Å². The number of nitrogens with one attached hydrogen (secondary N) is 2. The minimum absolute atomic E-state index is 0.181. The van der Waals surface area contributed by atoms with Gasteiger partial charge in [0.2, 0.25) is 0 Å². The zero-order valence-corrected chi connectivity index (χ0v) is 20.7. The SMILES string of the molecule is O=S(=O)(c1cccc2ccccc12)C1CCC(Cc2cnc[nH]2)(c2ccc3c(c2)C=NC=CN3)CC1. The number of sulfone groups is 1. The van der Waals surface area contributed by atoms with Gasteiger partial charge in [-0.25, -0.2) is 13.4 Å². The van der Waals surface area contributed by atoms with Crippen LogP contribution in [0.5, 0.6) is 0 Å². The topological polar surface area (TPSA) is 87.2 Å². The Morgan fingerprint density at radius 1 is 1.00 bits per heavy atom. The van der Waals surface area contributed by atoms with E-state index in [1.165, 1.54) is 5.56 Å². The number of hydrogen-bond donors (Lipinski definition) is 2. The second kappa shape index (κ2) is 9.06. The highest BCUT2D eigenvalue weighted by Crippen LogP contribution is 2.45. The van der Waals surface area contributed by atoms with Gasteiger partial charge in [-0.1, -0.05) is 42.5 Å². The van der Waals surface area contributed by atoms with Crippen LogP contribution in [0.1, 0.15) is 42.5 Å². The Labute approximate surface area is 211 Å². The summed E-state index contributed by atoms with van der Waals surface area (Å²) in [7, 11) is -3.46. The number of aliphatic imine (C=N–C) groups is 1. The molecule has 0 bridgehead atoms. The second-order valence-electron chi connectivity index (χ2n) is 9.80. The molecule has 0 radical (unpaired) electrons. The number of nitrogens with zero attached hydrogens (tertiary/aromatic N) is 2. The van der Waals surface area contributed by atoms with Crippen molar-refractivity contribution in [3.8, 4) is 0 Å². The summed E-state index contributed by atoms with van der Waals surface area (Å²) in [4.78, 5) is 12.3. The van der Waals surface area contributed by atoms with Crippen LogP contribution in [-0.2, 0) is 21.7 Å². The highest BCUT2D eigenvalue weighted by Gasteiger charge is 2.42. The molecule has 6 nitrogen and oxygen atoms in total. The van der Waals surface area contributed by atoms with E-state index in [0.717, 1.165) is 47.0 Å². The summed E-state index contributed by atoms with van der Waals surface area (Å²) in [5.41, 5.74) is 4.15. The number of benzene rings is 3. The summed E-state index contributed by atoms with van der Waals surface area (Å²) in [6.07, 6.45) is 12.6. The standard InChI is InChI=1S/C29H28N4O2S/c34-36(35,28-7-3-5-21-4-1-2-6-26(21)28)25-10-12-29(13-11-25,17-24-19-31-20-33-24)23-8-9-27-22(16-23)18-30-14-15-32-27/h1-9,14-16,18-20,25,32H,10-13,17H2,(H,31,33). The van der Waals surface area contributed by atoms with Crippen molar-refractivity contribution in [2.75, 3.05) is 5.32 Å². The van der Waals surface area contributed by atoms with Crippen LogP contribution in [0, 0.1) is 0 Å². The Kier molecular flexibility index (Phi) is 5.72. The molecule has 1 saturated carbocycles. The zero-order valence-electron chi connectivity index (χ0n) is 19.9. The van der Waals surface area contributed by atoms with Crippen LogP contribution in [0.25, 0.3) is 10.8 Å². The maximum absolute atomic E-state index is 13.8. The number of imidazole rings is 1. The molecule has 0 spiro atoms. The van der Waals surface area contributed by atoms with Crippen LogP contribution in [-0.4, -0.2) is 29.9 Å². The summed E-state index contributed by atoms with van der Waals surface area (Å²) < 4.78 is 27.7. The van der Waals surface area contributed by atoms with Gasteiger partial charge in [-0.15, -0.1) is 0 Å². The largest absolute Gasteiger partial charge is 0.360 e. The van der Waals surface area contributed by atoms with Crippen molar-refractivity contribution in [3.05, 3.63) is 102 Å². The third kappa shape index (κ3) is 4.03. The summed E-state index contributed by atoms with van der Waals surface area (Å²) >= 11 is 0. The van der Waals surface area contributed by atoms with Crippen LogP contribution in [0.15, 0.2) is 95.5 Å². The summed E-state index contributed by atoms with van der Waals surface area (Å²) in [5.74, 6) is 0. The zero-order chi connectivity index (χ0) is 24.6. The molecule has 3 aromatic carbocycles. The van der Waals surface area contributed by atoms with E-state index >= 15 is 0 Å². The molecular weight excluding hydrogens is 468 g/mol. The van der Waals surface area contributed by atoms with Gasteiger partial charge in [0, 0.05) is 52.6 Å². The van der Waals surface area contributed by atoms with Crippen molar-refractivity contribution in [2.45, 2.75) is 47.7 Å². The highest BCUT2D eigenvalue weighted by molar-refractivity contribution is 7.92. The van der Waals surface area contributed by atoms with Gasteiger partial charge in [0.1, 0.15) is 0 Å². The summed E-state index contributed by atoms with van der Waals surface area (Å²) in [6.45, 7) is 0. The fraction of sp³-hybridized carbons (Fsp3) is 0.241. The average Bonchev–Trinajstić information content (AvgIpc) is 3.30. The Balaban J connectivity index is 1.34. The minimum atomic E-state index is -3.46. The smallest absolute Gasteiger partial charge is 0.181 e. The molecule has 2 heterocycles. The van der Waals surface area contributed by atoms with E-state index in [0.29, 0.717) is 17.7 Å². The van der Waals surface area contributed by atoms with E-state index in [9.17, 15) is 8.42 Å². The molecule has 7 heteroatoms. The Morgan fingerprint density at radius 2 is 1.83 bits per heavy atom. The molecule has 0 amide bonds. The average molecular weight is 497 g/mol. The molecule has 4 aromatic rings. The Bertz CT molecular complexity index is 1560. The molecule has 1 aromatic heterocycles. The quantitative estimate of drug-likeness (QED) is 0.367. The molecule has 6 rings (SSSR count). The second-order valence-corrected chi connectivity index (χ2v) is 12.0. The predicted molar refractivity (Wildman–Crippen MR) is 144 cm³/mol. The van der Waals surface area contributed by atoms with Crippen LogP contribution < -0.4 is 5.32 Å². The highest BCUT2D eigenvalue weighted by atomic mass is 32.2. The molecule has 0 atom stereocenters. The van der Waals surface area contributed by atoms with Gasteiger partial charge in [-0.2, -0.15) is 0 Å². The normalized spacial score (nSPS) is 21.6. The van der Waals surface area contributed by atoms with Gasteiger partial charge in [0.05, 0.1) is 16.5 Å². The van der Waals surface area contributed by atoms with Crippen LogP contribution in [0.2, 0.25) is 0 Å². The lowest BCUT2D eigenvalue weighted by atomic mass is 9.66. The Morgan fingerprint density at radius 3 is 2.67 bits per heavy atom. The first-order chi connectivity index (χ1) is 17.6. The molecule has 2 aliphatic rings. The van der Waals surface area contributed by atoms with Gasteiger partial charge in [0.25, 0.3) is 0 Å². The fourth-order valence-electron chi connectivity index (χ4n) is 5.82. The van der Waals surface area contributed by atoms with Crippen LogP contribution in [0.3, 0.4) is 0 Å². The molecular formula is C29H28N4O2S. The maximum Gasteiger partial charge on any atom is 0.181 e. The first-order valence-electron chi connectivity index (χ1n) is 12.3. The minimum Gasteiger partial charge on any atom is -0.360 e. The number of H-pyrrole nitrogens is 1. The fourth-order valence-corrected chi connectivity index (χ4v) is 7.79. The first-order valence-corrected chi connectivity index (χ1v) is 13.9. The first kappa shape index (κ1) is 22.7. The number of aromatic amines is 1. The number of anilines is 1. The van der Waals surface area contributed by atoms with Gasteiger partial charge in [0.15, 0.2) is 9.84 Å². The van der Waals surface area contributed by atoms with E-state index in [1.54, 1.807) is 18.6 Å². The van der Waals surface area contributed by atoms with E-state index in [1.807, 2.05) is 55.0 Å². The van der Waals surface area contributed by atoms with Crippen molar-refractivity contribution in [1.82, 2.24) is 9.97 Å². The van der Waals surface area contributed by atoms with Gasteiger partial charge < -0.3 is 10.3 Å². The van der Waals surface area contributed by atoms with E-state index in [-0.39, 0.29) is 5.41 Å². The molecule has 2 N–H and O–H groups in total. The number of fused-ring (bicyclic) bond motifs is 2. The molecule has 0 unspecified atom stereocenters. The maximum atomic E-state index is 13.8. The molecule has 1 fully saturated rings. The Hall–Kier alpha value is -3.71. The number of rotatable bonds is 5. The molecule has 0 saturated heterocycles. The lowest BCUT2D eigenvalue weighted by Gasteiger charge is -2.41. The van der Waals surface area contributed by atoms with Crippen molar-refractivity contribution in [2.24, 2.45) is 4.99 Å². The number of hydrogen-bond acceptors (Lipinski definition) is 5. The lowest BCUT2D eigenvalue weighted by molar-refractivity contribution is 0.289. The van der Waals surface area contributed by atoms with E-state index in [2.05, 4.69) is 38.5 Å². The van der Waals surface area contributed by atoms with E-state index < -0.39 is 15.1 Å². The van der Waals surface area contributed by atoms with E-state index in [4.69, 9.17) is 0 Å². The molecule has 1 aliphatic carbocycles. The third-order valence-corrected chi connectivity index (χ3v) is 10.1. The van der Waals surface area contributed by atoms with Gasteiger partial charge in [-0.05, 0) is 61.3 Å². The summed E-state index contributed by atoms with van der Waals surface area (Å²) in [6, 6.07) is 19.8. The van der Waals surface area contributed by atoms with Gasteiger partial charge >= 0.3 is 0 Å². The molecule has 1 aliphatic heterocycles. The van der Waals surface area contributed by atoms with Crippen molar-refractivity contribution < 1.29 is 8.42 Å². The monoisotopic (exact) mass is 496 g/mol. The van der Waals surface area contributed by atoms with Crippen LogP contribution in [0.4, 0.5) is 5.69 Å². The number of aromatic nitrogens is 2. The van der Waals surface area contributed by atoms with Crippen molar-refractivity contribution >= 4 is 32.5 Å².